The molecule has 1 atom stereocenters. The van der Waals surface area contributed by atoms with Crippen LogP contribution in [0.4, 0.5) is 0 Å². The Morgan fingerprint density at radius 2 is 1.82 bits per heavy atom. The number of H-pyrrole nitrogens is 1. The van der Waals surface area contributed by atoms with Crippen molar-refractivity contribution in [3.8, 4) is 0 Å². The van der Waals surface area contributed by atoms with E-state index in [2.05, 4.69) is 10.1 Å². The minimum atomic E-state index is -0.130. The van der Waals surface area contributed by atoms with Gasteiger partial charge in [-0.2, -0.15) is 0 Å². The summed E-state index contributed by atoms with van der Waals surface area (Å²) in [7, 11) is 0. The van der Waals surface area contributed by atoms with Crippen LogP contribution in [0.15, 0.2) is 70.6 Å². The van der Waals surface area contributed by atoms with Gasteiger partial charge in [0, 0.05) is 11.9 Å². The third-order valence-electron chi connectivity index (χ3n) is 3.90. The summed E-state index contributed by atoms with van der Waals surface area (Å²) in [5, 5.41) is 5.12. The first-order valence-corrected chi connectivity index (χ1v) is 7.21. The molecule has 0 radical (unpaired) electrons. The molecule has 1 unspecified atom stereocenters. The lowest BCUT2D eigenvalue weighted by Gasteiger charge is -2.07. The van der Waals surface area contributed by atoms with Crippen molar-refractivity contribution in [2.24, 2.45) is 5.16 Å². The van der Waals surface area contributed by atoms with Gasteiger partial charge in [-0.1, -0.05) is 53.7 Å². The molecule has 22 heavy (non-hydrogen) atoms. The van der Waals surface area contributed by atoms with Gasteiger partial charge in [0.15, 0.2) is 6.10 Å². The number of benzene rings is 2. The standard InChI is InChI=1S/C18H14N2O2/c21-18-14(10-13-8-4-5-9-15(13)19-18)16-11-17(22-20-16)12-6-2-1-3-7-12/h1-10,17H,11H2,(H,19,21). The van der Waals surface area contributed by atoms with Gasteiger partial charge >= 0.3 is 0 Å². The van der Waals surface area contributed by atoms with E-state index < -0.39 is 0 Å². The van der Waals surface area contributed by atoms with Gasteiger partial charge < -0.3 is 9.82 Å². The monoisotopic (exact) mass is 290 g/mol. The van der Waals surface area contributed by atoms with Crippen LogP contribution in [0.25, 0.3) is 10.9 Å². The maximum atomic E-state index is 12.3. The van der Waals surface area contributed by atoms with Crippen LogP contribution in [0, 0.1) is 0 Å². The lowest BCUT2D eigenvalue weighted by atomic mass is 10.0. The Balaban J connectivity index is 1.69. The zero-order chi connectivity index (χ0) is 14.9. The van der Waals surface area contributed by atoms with Crippen LogP contribution >= 0.6 is 0 Å². The molecule has 4 heteroatoms. The highest BCUT2D eigenvalue weighted by Gasteiger charge is 2.25. The van der Waals surface area contributed by atoms with Crippen molar-refractivity contribution >= 4 is 16.6 Å². The fraction of sp³-hybridized carbons (Fsp3) is 0.111. The van der Waals surface area contributed by atoms with Crippen molar-refractivity contribution in [3.63, 3.8) is 0 Å². The first kappa shape index (κ1) is 12.8. The molecular formula is C18H14N2O2. The minimum absolute atomic E-state index is 0.123. The fourth-order valence-corrected chi connectivity index (χ4v) is 2.74. The molecule has 1 aliphatic heterocycles. The maximum Gasteiger partial charge on any atom is 0.257 e. The quantitative estimate of drug-likeness (QED) is 0.786. The van der Waals surface area contributed by atoms with Crippen LogP contribution in [0.1, 0.15) is 23.7 Å². The molecule has 2 heterocycles. The van der Waals surface area contributed by atoms with Crippen molar-refractivity contribution < 1.29 is 4.84 Å². The highest BCUT2D eigenvalue weighted by atomic mass is 16.6. The van der Waals surface area contributed by atoms with Gasteiger partial charge in [0.1, 0.15) is 0 Å². The molecule has 0 spiro atoms. The summed E-state index contributed by atoms with van der Waals surface area (Å²) in [6, 6.07) is 19.5. The van der Waals surface area contributed by atoms with E-state index >= 15 is 0 Å². The Morgan fingerprint density at radius 1 is 1.05 bits per heavy atom. The van der Waals surface area contributed by atoms with E-state index in [-0.39, 0.29) is 11.7 Å². The third-order valence-corrected chi connectivity index (χ3v) is 3.90. The van der Waals surface area contributed by atoms with Gasteiger partial charge in [-0.3, -0.25) is 4.79 Å². The summed E-state index contributed by atoms with van der Waals surface area (Å²) >= 11 is 0. The average Bonchev–Trinajstić information content (AvgIpc) is 3.05. The van der Waals surface area contributed by atoms with Crippen LogP contribution in [0.5, 0.6) is 0 Å². The van der Waals surface area contributed by atoms with Crippen molar-refractivity contribution in [2.75, 3.05) is 0 Å². The molecule has 0 bridgehead atoms. The Bertz CT molecular complexity index is 913. The number of aromatic amines is 1. The molecule has 1 N–H and O–H groups in total. The van der Waals surface area contributed by atoms with Gasteiger partial charge in [0.2, 0.25) is 0 Å². The number of hydrogen-bond acceptors (Lipinski definition) is 3. The van der Waals surface area contributed by atoms with Gasteiger partial charge in [-0.15, -0.1) is 0 Å². The summed E-state index contributed by atoms with van der Waals surface area (Å²) in [4.78, 5) is 20.7. The van der Waals surface area contributed by atoms with Gasteiger partial charge in [-0.25, -0.2) is 0 Å². The zero-order valence-electron chi connectivity index (χ0n) is 11.8. The second-order valence-electron chi connectivity index (χ2n) is 5.35. The number of nitrogens with one attached hydrogen (secondary N) is 1. The van der Waals surface area contributed by atoms with E-state index in [1.807, 2.05) is 60.7 Å². The van der Waals surface area contributed by atoms with E-state index in [1.165, 1.54) is 0 Å². The molecule has 2 aromatic carbocycles. The van der Waals surface area contributed by atoms with Gasteiger partial charge in [-0.05, 0) is 23.1 Å². The van der Waals surface area contributed by atoms with E-state index in [4.69, 9.17) is 4.84 Å². The van der Waals surface area contributed by atoms with Crippen molar-refractivity contribution in [1.82, 2.24) is 4.98 Å². The van der Waals surface area contributed by atoms with E-state index in [9.17, 15) is 4.79 Å². The molecule has 0 amide bonds. The molecule has 0 fully saturated rings. The molecule has 4 nitrogen and oxygen atoms in total. The number of rotatable bonds is 2. The molecule has 1 aromatic heterocycles. The Labute approximate surface area is 127 Å². The zero-order valence-corrected chi connectivity index (χ0v) is 11.8. The molecule has 108 valence electrons. The molecule has 0 saturated carbocycles. The second-order valence-corrected chi connectivity index (χ2v) is 5.35. The predicted octanol–water partition coefficient (Wildman–Crippen LogP) is 3.39. The molecular weight excluding hydrogens is 276 g/mol. The highest BCUT2D eigenvalue weighted by molar-refractivity contribution is 6.03. The van der Waals surface area contributed by atoms with Crippen molar-refractivity contribution in [1.29, 1.82) is 0 Å². The van der Waals surface area contributed by atoms with Gasteiger partial charge in [0.05, 0.1) is 11.3 Å². The first-order valence-electron chi connectivity index (χ1n) is 7.21. The topological polar surface area (TPSA) is 54.5 Å². The number of para-hydroxylation sites is 1. The highest BCUT2D eigenvalue weighted by Crippen LogP contribution is 2.28. The fourth-order valence-electron chi connectivity index (χ4n) is 2.74. The third kappa shape index (κ3) is 2.19. The number of oxime groups is 1. The lowest BCUT2D eigenvalue weighted by Crippen LogP contribution is -2.17. The van der Waals surface area contributed by atoms with E-state index in [0.717, 1.165) is 16.5 Å². The first-order chi connectivity index (χ1) is 10.8. The van der Waals surface area contributed by atoms with Crippen LogP contribution < -0.4 is 5.56 Å². The van der Waals surface area contributed by atoms with Gasteiger partial charge in [0.25, 0.3) is 5.56 Å². The smallest absolute Gasteiger partial charge is 0.257 e. The summed E-state index contributed by atoms with van der Waals surface area (Å²) in [5.74, 6) is 0. The van der Waals surface area contributed by atoms with Crippen LogP contribution in [0.2, 0.25) is 0 Å². The molecule has 0 saturated heterocycles. The Morgan fingerprint density at radius 3 is 2.68 bits per heavy atom. The van der Waals surface area contributed by atoms with Crippen LogP contribution in [-0.2, 0) is 4.84 Å². The van der Waals surface area contributed by atoms with Crippen molar-refractivity contribution in [3.05, 3.63) is 82.1 Å². The summed E-state index contributed by atoms with van der Waals surface area (Å²) in [5.41, 5.74) is 3.04. The molecule has 0 aliphatic carbocycles. The SMILES string of the molecule is O=c1[nH]c2ccccc2cc1C1=NOC(c2ccccc2)C1. The van der Waals surface area contributed by atoms with E-state index in [0.29, 0.717) is 17.7 Å². The Hall–Kier alpha value is -2.88. The summed E-state index contributed by atoms with van der Waals surface area (Å²) in [6.45, 7) is 0. The molecule has 3 aromatic rings. The van der Waals surface area contributed by atoms with Crippen LogP contribution in [-0.4, -0.2) is 10.7 Å². The summed E-state index contributed by atoms with van der Waals surface area (Å²) < 4.78 is 0. The number of hydrogen-bond donors (Lipinski definition) is 1. The van der Waals surface area contributed by atoms with Crippen molar-refractivity contribution in [2.45, 2.75) is 12.5 Å². The lowest BCUT2D eigenvalue weighted by molar-refractivity contribution is 0.0857. The number of nitrogens with zero attached hydrogens (tertiary/aromatic N) is 1. The van der Waals surface area contributed by atoms with Crippen LogP contribution in [0.3, 0.4) is 0 Å². The Kier molecular flexibility index (Phi) is 3.00. The predicted molar refractivity (Wildman–Crippen MR) is 86.0 cm³/mol. The second kappa shape index (κ2) is 5.15. The molecule has 1 aliphatic rings. The average molecular weight is 290 g/mol. The largest absolute Gasteiger partial charge is 0.387 e. The minimum Gasteiger partial charge on any atom is -0.387 e. The maximum absolute atomic E-state index is 12.3. The number of pyridine rings is 1. The normalized spacial score (nSPS) is 17.3. The number of aromatic nitrogens is 1. The number of fused-ring (bicyclic) bond motifs is 1. The van der Waals surface area contributed by atoms with E-state index in [1.54, 1.807) is 0 Å². The molecule has 4 rings (SSSR count). The summed E-state index contributed by atoms with van der Waals surface area (Å²) in [6.07, 6.45) is 0.480.